The molecule has 0 saturated carbocycles. The van der Waals surface area contributed by atoms with Gasteiger partial charge in [-0.1, -0.05) is 11.3 Å². The zero-order valence-electron chi connectivity index (χ0n) is 15.9. The number of aromatic nitrogens is 2. The molecule has 1 atom stereocenters. The quantitative estimate of drug-likeness (QED) is 0.544. The molecule has 3 aromatic rings. The number of carbonyl (C=O) groups excluding carboxylic acids is 1. The predicted molar refractivity (Wildman–Crippen MR) is 108 cm³/mol. The summed E-state index contributed by atoms with van der Waals surface area (Å²) in [6, 6.07) is 11.7. The third-order valence-electron chi connectivity index (χ3n) is 4.56. The van der Waals surface area contributed by atoms with Gasteiger partial charge < -0.3 is 19.3 Å². The summed E-state index contributed by atoms with van der Waals surface area (Å²) in [6.07, 6.45) is 1.72. The molecule has 1 saturated heterocycles. The SMILES string of the molecule is CC(=O)N1C[C@H]1CN(C)CCOc1ccc(Oc2nc3ncccc3s2)cc1. The number of pyridine rings is 1. The van der Waals surface area contributed by atoms with Crippen molar-refractivity contribution in [2.45, 2.75) is 13.0 Å². The summed E-state index contributed by atoms with van der Waals surface area (Å²) in [6.45, 7) is 4.76. The molecular formula is C20H22N4O3S. The molecule has 1 aliphatic heterocycles. The van der Waals surface area contributed by atoms with E-state index in [0.29, 0.717) is 29.2 Å². The number of fused-ring (bicyclic) bond motifs is 1. The molecule has 3 heterocycles. The Hall–Kier alpha value is -2.71. The maximum absolute atomic E-state index is 11.3. The molecule has 0 N–H and O–H groups in total. The van der Waals surface area contributed by atoms with Crippen molar-refractivity contribution in [3.8, 4) is 16.7 Å². The number of nitrogens with zero attached hydrogens (tertiary/aromatic N) is 4. The first-order valence-electron chi connectivity index (χ1n) is 9.16. The molecule has 1 amide bonds. The second-order valence-corrected chi connectivity index (χ2v) is 7.81. The van der Waals surface area contributed by atoms with Crippen molar-refractivity contribution in [1.29, 1.82) is 0 Å². The minimum Gasteiger partial charge on any atom is -0.492 e. The van der Waals surface area contributed by atoms with Crippen LogP contribution in [0.4, 0.5) is 0 Å². The molecule has 1 aliphatic rings. The third-order valence-corrected chi connectivity index (χ3v) is 5.45. The van der Waals surface area contributed by atoms with Crippen LogP contribution in [0.5, 0.6) is 16.7 Å². The van der Waals surface area contributed by atoms with Gasteiger partial charge in [-0.2, -0.15) is 4.98 Å². The molecule has 1 aromatic carbocycles. The highest BCUT2D eigenvalue weighted by Crippen LogP contribution is 2.30. The molecular weight excluding hydrogens is 376 g/mol. The van der Waals surface area contributed by atoms with Gasteiger partial charge in [0.25, 0.3) is 5.19 Å². The minimum atomic E-state index is 0.152. The van der Waals surface area contributed by atoms with Crippen LogP contribution in [0.25, 0.3) is 10.3 Å². The van der Waals surface area contributed by atoms with Crippen LogP contribution < -0.4 is 9.47 Å². The average molecular weight is 398 g/mol. The van der Waals surface area contributed by atoms with Gasteiger partial charge in [0.1, 0.15) is 18.1 Å². The molecule has 0 unspecified atom stereocenters. The largest absolute Gasteiger partial charge is 0.492 e. The molecule has 8 heteroatoms. The Kier molecular flexibility index (Phi) is 5.40. The van der Waals surface area contributed by atoms with Crippen molar-refractivity contribution in [1.82, 2.24) is 19.8 Å². The van der Waals surface area contributed by atoms with Crippen molar-refractivity contribution < 1.29 is 14.3 Å². The van der Waals surface area contributed by atoms with E-state index in [1.54, 1.807) is 13.1 Å². The second kappa shape index (κ2) is 8.12. The summed E-state index contributed by atoms with van der Waals surface area (Å²) in [5.74, 6) is 1.66. The maximum Gasteiger partial charge on any atom is 0.281 e. The van der Waals surface area contributed by atoms with E-state index in [1.807, 2.05) is 48.3 Å². The summed E-state index contributed by atoms with van der Waals surface area (Å²) < 4.78 is 12.6. The molecule has 0 radical (unpaired) electrons. The Labute approximate surface area is 167 Å². The number of benzene rings is 1. The van der Waals surface area contributed by atoms with Crippen LogP contribution in [0, 0.1) is 0 Å². The van der Waals surface area contributed by atoms with Crippen LogP contribution in [0.2, 0.25) is 0 Å². The molecule has 28 heavy (non-hydrogen) atoms. The number of hydrogen-bond acceptors (Lipinski definition) is 7. The number of likely N-dealkylation sites (N-methyl/N-ethyl adjacent to an activating group) is 1. The Bertz CT molecular complexity index is 926. The molecule has 2 aromatic heterocycles. The van der Waals surface area contributed by atoms with Gasteiger partial charge in [-0.05, 0) is 43.4 Å². The topological polar surface area (TPSA) is 67.6 Å². The lowest BCUT2D eigenvalue weighted by Gasteiger charge is -2.16. The Morgan fingerprint density at radius 1 is 1.29 bits per heavy atom. The highest BCUT2D eigenvalue weighted by Gasteiger charge is 2.36. The fourth-order valence-corrected chi connectivity index (χ4v) is 3.78. The first-order valence-corrected chi connectivity index (χ1v) is 9.98. The fraction of sp³-hybridized carbons (Fsp3) is 0.350. The number of amides is 1. The smallest absolute Gasteiger partial charge is 0.281 e. The summed E-state index contributed by atoms with van der Waals surface area (Å²) in [5.41, 5.74) is 0.698. The third kappa shape index (κ3) is 4.58. The fourth-order valence-electron chi connectivity index (χ4n) is 2.99. The van der Waals surface area contributed by atoms with E-state index in [0.717, 1.165) is 30.1 Å². The Morgan fingerprint density at radius 2 is 2.07 bits per heavy atom. The van der Waals surface area contributed by atoms with E-state index in [-0.39, 0.29) is 5.91 Å². The van der Waals surface area contributed by atoms with E-state index in [2.05, 4.69) is 14.9 Å². The van der Waals surface area contributed by atoms with Crippen LogP contribution in [0.1, 0.15) is 6.92 Å². The normalized spacial score (nSPS) is 15.8. The van der Waals surface area contributed by atoms with Crippen LogP contribution in [0.3, 0.4) is 0 Å². The van der Waals surface area contributed by atoms with Crippen LogP contribution in [0.15, 0.2) is 42.6 Å². The zero-order valence-corrected chi connectivity index (χ0v) is 16.7. The summed E-state index contributed by atoms with van der Waals surface area (Å²) in [5, 5.41) is 0.573. The maximum atomic E-state index is 11.3. The van der Waals surface area contributed by atoms with E-state index in [1.165, 1.54) is 11.3 Å². The number of rotatable bonds is 8. The Morgan fingerprint density at radius 3 is 2.79 bits per heavy atom. The average Bonchev–Trinajstić information content (AvgIpc) is 3.32. The first kappa shape index (κ1) is 18.6. The van der Waals surface area contributed by atoms with Crippen LogP contribution in [-0.4, -0.2) is 65.0 Å². The van der Waals surface area contributed by atoms with Crippen molar-refractivity contribution in [3.05, 3.63) is 42.6 Å². The summed E-state index contributed by atoms with van der Waals surface area (Å²) in [4.78, 5) is 23.9. The molecule has 0 spiro atoms. The van der Waals surface area contributed by atoms with E-state index >= 15 is 0 Å². The second-order valence-electron chi connectivity index (χ2n) is 6.81. The first-order chi connectivity index (χ1) is 13.6. The standard InChI is InChI=1S/C20H22N4O3S/c1-14(25)24-13-15(24)12-23(2)10-11-26-16-5-7-17(8-6-16)27-20-22-19-18(28-20)4-3-9-21-19/h3-9,15H,10-13H2,1-2H3/t15-,24?/m1/s1. The highest BCUT2D eigenvalue weighted by molar-refractivity contribution is 7.20. The van der Waals surface area contributed by atoms with Crippen molar-refractivity contribution >= 4 is 27.6 Å². The minimum absolute atomic E-state index is 0.152. The predicted octanol–water partition coefficient (Wildman–Crippen LogP) is 3.02. The molecule has 7 nitrogen and oxygen atoms in total. The summed E-state index contributed by atoms with van der Waals surface area (Å²) >= 11 is 1.47. The van der Waals surface area contributed by atoms with Gasteiger partial charge in [0, 0.05) is 32.8 Å². The van der Waals surface area contributed by atoms with E-state index < -0.39 is 0 Å². The zero-order chi connectivity index (χ0) is 19.5. The molecule has 146 valence electrons. The summed E-state index contributed by atoms with van der Waals surface area (Å²) in [7, 11) is 2.05. The van der Waals surface area contributed by atoms with Gasteiger partial charge >= 0.3 is 0 Å². The monoisotopic (exact) mass is 398 g/mol. The highest BCUT2D eigenvalue weighted by atomic mass is 32.1. The molecule has 0 bridgehead atoms. The van der Waals surface area contributed by atoms with Gasteiger partial charge in [0.15, 0.2) is 5.65 Å². The number of carbonyl (C=O) groups is 1. The van der Waals surface area contributed by atoms with Gasteiger partial charge in [0.2, 0.25) is 5.91 Å². The van der Waals surface area contributed by atoms with Crippen LogP contribution >= 0.6 is 11.3 Å². The van der Waals surface area contributed by atoms with Crippen molar-refractivity contribution in [2.75, 3.05) is 33.3 Å². The molecule has 4 rings (SSSR count). The number of hydrogen-bond donors (Lipinski definition) is 0. The van der Waals surface area contributed by atoms with Gasteiger partial charge in [-0.3, -0.25) is 4.79 Å². The van der Waals surface area contributed by atoms with Crippen molar-refractivity contribution in [3.63, 3.8) is 0 Å². The van der Waals surface area contributed by atoms with Gasteiger partial charge in [-0.15, -0.1) is 0 Å². The van der Waals surface area contributed by atoms with Crippen LogP contribution in [-0.2, 0) is 4.79 Å². The van der Waals surface area contributed by atoms with Crippen molar-refractivity contribution in [2.24, 2.45) is 0 Å². The number of ether oxygens (including phenoxy) is 2. The van der Waals surface area contributed by atoms with E-state index in [4.69, 9.17) is 9.47 Å². The molecule has 0 aliphatic carbocycles. The van der Waals surface area contributed by atoms with Gasteiger partial charge in [-0.25, -0.2) is 4.98 Å². The lowest BCUT2D eigenvalue weighted by atomic mass is 10.3. The molecule has 1 fully saturated rings. The lowest BCUT2D eigenvalue weighted by Crippen LogP contribution is -2.29. The Balaban J connectivity index is 1.22. The number of thiazole rings is 1. The van der Waals surface area contributed by atoms with E-state index in [9.17, 15) is 4.79 Å². The van der Waals surface area contributed by atoms with Gasteiger partial charge in [0.05, 0.1) is 10.7 Å². The lowest BCUT2D eigenvalue weighted by molar-refractivity contribution is -0.124.